The minimum atomic E-state index is -1.43. The minimum absolute atomic E-state index is 0.440. The molecule has 0 bridgehead atoms. The molecule has 1 aliphatic carbocycles. The fourth-order valence-corrected chi connectivity index (χ4v) is 3.19. The van der Waals surface area contributed by atoms with Crippen molar-refractivity contribution in [3.8, 4) is 17.1 Å². The second-order valence-electron chi connectivity index (χ2n) is 5.39. The Balaban J connectivity index is 2.35. The van der Waals surface area contributed by atoms with E-state index in [4.69, 9.17) is 5.11 Å². The van der Waals surface area contributed by atoms with Gasteiger partial charge in [-0.3, -0.25) is 4.79 Å². The molecule has 7 nitrogen and oxygen atoms in total. The lowest BCUT2D eigenvalue weighted by Gasteiger charge is -2.09. The number of aromatic carboxylic acids is 1. The van der Waals surface area contributed by atoms with E-state index < -0.39 is 22.8 Å². The summed E-state index contributed by atoms with van der Waals surface area (Å²) in [5.74, 6) is -1.04. The SMILES string of the molecule is CCn1c(C)nc2c1CCCc1c-2[nH]c(=O)c(C(=O)O)c1O. The van der Waals surface area contributed by atoms with E-state index in [0.29, 0.717) is 23.4 Å². The summed E-state index contributed by atoms with van der Waals surface area (Å²) in [7, 11) is 0. The molecule has 0 amide bonds. The highest BCUT2D eigenvalue weighted by atomic mass is 16.4. The molecule has 2 aromatic rings. The molecule has 2 aromatic heterocycles. The van der Waals surface area contributed by atoms with E-state index in [1.807, 2.05) is 13.8 Å². The molecule has 1 aliphatic rings. The van der Waals surface area contributed by atoms with Gasteiger partial charge in [0.15, 0.2) is 5.56 Å². The van der Waals surface area contributed by atoms with Gasteiger partial charge in [-0.15, -0.1) is 0 Å². The van der Waals surface area contributed by atoms with Crippen LogP contribution in [0.5, 0.6) is 5.75 Å². The number of hydrogen-bond acceptors (Lipinski definition) is 4. The van der Waals surface area contributed by atoms with Gasteiger partial charge in [-0.1, -0.05) is 0 Å². The van der Waals surface area contributed by atoms with Gasteiger partial charge in [0.25, 0.3) is 5.56 Å². The number of hydrogen-bond donors (Lipinski definition) is 3. The molecule has 3 N–H and O–H groups in total. The summed E-state index contributed by atoms with van der Waals surface area (Å²) in [6.45, 7) is 4.68. The topological polar surface area (TPSA) is 108 Å². The van der Waals surface area contributed by atoms with Crippen molar-refractivity contribution in [2.45, 2.75) is 39.7 Å². The molecule has 116 valence electrons. The van der Waals surface area contributed by atoms with Crippen LogP contribution < -0.4 is 5.56 Å². The molecular weight excluding hydrogens is 286 g/mol. The zero-order valence-electron chi connectivity index (χ0n) is 12.4. The van der Waals surface area contributed by atoms with Crippen LogP contribution in [-0.4, -0.2) is 30.7 Å². The number of imidazole rings is 1. The Kier molecular flexibility index (Phi) is 3.27. The van der Waals surface area contributed by atoms with Gasteiger partial charge in [0.05, 0.1) is 5.69 Å². The largest absolute Gasteiger partial charge is 0.506 e. The van der Waals surface area contributed by atoms with Gasteiger partial charge in [0, 0.05) is 17.8 Å². The highest BCUT2D eigenvalue weighted by molar-refractivity contribution is 5.91. The van der Waals surface area contributed by atoms with Crippen molar-refractivity contribution in [3.63, 3.8) is 0 Å². The number of carbonyl (C=O) groups is 1. The number of nitrogens with zero attached hydrogens (tertiary/aromatic N) is 2. The van der Waals surface area contributed by atoms with Crippen LogP contribution in [0.25, 0.3) is 11.4 Å². The number of fused-ring (bicyclic) bond motifs is 3. The zero-order valence-corrected chi connectivity index (χ0v) is 12.4. The summed E-state index contributed by atoms with van der Waals surface area (Å²) in [4.78, 5) is 30.3. The third-order valence-electron chi connectivity index (χ3n) is 4.16. The van der Waals surface area contributed by atoms with Gasteiger partial charge in [0.2, 0.25) is 0 Å². The van der Waals surface area contributed by atoms with Crippen molar-refractivity contribution in [1.82, 2.24) is 14.5 Å². The molecule has 0 spiro atoms. The van der Waals surface area contributed by atoms with Crippen molar-refractivity contribution in [3.05, 3.63) is 33.0 Å². The number of aromatic hydroxyl groups is 1. The van der Waals surface area contributed by atoms with Crippen LogP contribution in [0.15, 0.2) is 4.79 Å². The van der Waals surface area contributed by atoms with Crippen molar-refractivity contribution < 1.29 is 15.0 Å². The van der Waals surface area contributed by atoms with Gasteiger partial charge < -0.3 is 19.8 Å². The van der Waals surface area contributed by atoms with E-state index in [1.165, 1.54) is 0 Å². The van der Waals surface area contributed by atoms with Gasteiger partial charge in [-0.05, 0) is 33.1 Å². The number of carboxylic acids is 1. The van der Waals surface area contributed by atoms with Crippen molar-refractivity contribution in [2.75, 3.05) is 0 Å². The summed E-state index contributed by atoms with van der Waals surface area (Å²) in [5.41, 5.74) is 1.13. The standard InChI is InChI=1S/C15H17N3O4/c1-3-18-7(2)16-12-9(18)6-4-5-8-11(12)17-14(20)10(13(8)19)15(21)22/h3-6H2,1-2H3,(H,21,22)(H2,17,19,20). The lowest BCUT2D eigenvalue weighted by molar-refractivity contribution is 0.0691. The van der Waals surface area contributed by atoms with Gasteiger partial charge in [-0.25, -0.2) is 9.78 Å². The van der Waals surface area contributed by atoms with Crippen LogP contribution in [0.3, 0.4) is 0 Å². The van der Waals surface area contributed by atoms with Crippen molar-refractivity contribution >= 4 is 5.97 Å². The smallest absolute Gasteiger partial charge is 0.345 e. The monoisotopic (exact) mass is 303 g/mol. The van der Waals surface area contributed by atoms with Crippen molar-refractivity contribution in [2.24, 2.45) is 0 Å². The average molecular weight is 303 g/mol. The molecule has 2 heterocycles. The number of aromatic amines is 1. The maximum absolute atomic E-state index is 12.0. The van der Waals surface area contributed by atoms with E-state index in [-0.39, 0.29) is 0 Å². The number of H-pyrrole nitrogens is 1. The van der Waals surface area contributed by atoms with E-state index in [9.17, 15) is 14.7 Å². The average Bonchev–Trinajstić information content (AvgIpc) is 2.65. The number of carboxylic acid groups (broad SMARTS) is 1. The first-order valence-electron chi connectivity index (χ1n) is 7.23. The van der Waals surface area contributed by atoms with Crippen LogP contribution in [0, 0.1) is 6.92 Å². The molecule has 3 rings (SSSR count). The summed E-state index contributed by atoms with van der Waals surface area (Å²) >= 11 is 0. The van der Waals surface area contributed by atoms with E-state index in [1.54, 1.807) is 0 Å². The molecule has 0 saturated heterocycles. The number of nitrogens with one attached hydrogen (secondary N) is 1. The van der Waals surface area contributed by atoms with Gasteiger partial charge >= 0.3 is 5.97 Å². The second-order valence-corrected chi connectivity index (χ2v) is 5.39. The van der Waals surface area contributed by atoms with Crippen molar-refractivity contribution in [1.29, 1.82) is 0 Å². The fraction of sp³-hybridized carbons (Fsp3) is 0.400. The Morgan fingerprint density at radius 1 is 1.41 bits per heavy atom. The molecule has 0 fully saturated rings. The van der Waals surface area contributed by atoms with Crippen LogP contribution in [0.2, 0.25) is 0 Å². The quantitative estimate of drug-likeness (QED) is 0.778. The number of aryl methyl sites for hydroxylation is 1. The first kappa shape index (κ1) is 14.4. The molecule has 0 atom stereocenters. The van der Waals surface area contributed by atoms with Gasteiger partial charge in [0.1, 0.15) is 17.3 Å². The van der Waals surface area contributed by atoms with Crippen LogP contribution in [-0.2, 0) is 19.4 Å². The summed E-state index contributed by atoms with van der Waals surface area (Å²) < 4.78 is 2.07. The Hall–Kier alpha value is -2.57. The molecule has 7 heteroatoms. The summed E-state index contributed by atoms with van der Waals surface area (Å²) in [5, 5.41) is 19.3. The maximum Gasteiger partial charge on any atom is 0.345 e. The molecule has 0 aliphatic heterocycles. The predicted molar refractivity (Wildman–Crippen MR) is 79.3 cm³/mol. The van der Waals surface area contributed by atoms with Crippen LogP contribution in [0.1, 0.15) is 40.8 Å². The normalized spacial score (nSPS) is 13.4. The highest BCUT2D eigenvalue weighted by Crippen LogP contribution is 2.35. The molecule has 0 radical (unpaired) electrons. The fourth-order valence-electron chi connectivity index (χ4n) is 3.19. The van der Waals surface area contributed by atoms with E-state index >= 15 is 0 Å². The van der Waals surface area contributed by atoms with E-state index in [2.05, 4.69) is 14.5 Å². The number of aromatic nitrogens is 3. The lowest BCUT2D eigenvalue weighted by Crippen LogP contribution is -2.20. The molecule has 0 unspecified atom stereocenters. The summed E-state index contributed by atoms with van der Waals surface area (Å²) in [6, 6.07) is 0. The third-order valence-corrected chi connectivity index (χ3v) is 4.16. The lowest BCUT2D eigenvalue weighted by atomic mass is 10.0. The first-order valence-corrected chi connectivity index (χ1v) is 7.23. The molecular formula is C15H17N3O4. The third kappa shape index (κ3) is 1.93. The summed E-state index contributed by atoms with van der Waals surface area (Å²) in [6.07, 6.45) is 2.02. The Bertz CT molecular complexity index is 832. The van der Waals surface area contributed by atoms with Gasteiger partial charge in [-0.2, -0.15) is 0 Å². The maximum atomic E-state index is 12.0. The molecule has 0 saturated carbocycles. The number of pyridine rings is 1. The Morgan fingerprint density at radius 3 is 2.77 bits per heavy atom. The van der Waals surface area contributed by atoms with Crippen LogP contribution in [0.4, 0.5) is 0 Å². The Morgan fingerprint density at radius 2 is 2.14 bits per heavy atom. The molecule has 22 heavy (non-hydrogen) atoms. The highest BCUT2D eigenvalue weighted by Gasteiger charge is 2.28. The van der Waals surface area contributed by atoms with E-state index in [0.717, 1.165) is 30.9 Å². The minimum Gasteiger partial charge on any atom is -0.506 e. The first-order chi connectivity index (χ1) is 10.5. The Labute approximate surface area is 126 Å². The second kappa shape index (κ2) is 5.01. The molecule has 0 aromatic carbocycles. The number of rotatable bonds is 2. The predicted octanol–water partition coefficient (Wildman–Crippen LogP) is 1.46. The zero-order chi connectivity index (χ0) is 16.0. The van der Waals surface area contributed by atoms with Crippen LogP contribution >= 0.6 is 0 Å².